The van der Waals surface area contributed by atoms with Crippen LogP contribution in [-0.4, -0.2) is 26.9 Å². The molecule has 0 unspecified atom stereocenters. The summed E-state index contributed by atoms with van der Waals surface area (Å²) in [5.74, 6) is -1.02. The number of aromatic nitrogens is 2. The lowest BCUT2D eigenvalue weighted by Gasteiger charge is -2.26. The summed E-state index contributed by atoms with van der Waals surface area (Å²) in [6, 6.07) is 5.85. The van der Waals surface area contributed by atoms with Crippen LogP contribution in [0.4, 0.5) is 8.78 Å². The fourth-order valence-electron chi connectivity index (χ4n) is 3.31. The molecular formula is C20H17F2N3O3. The molecule has 28 heavy (non-hydrogen) atoms. The minimum atomic E-state index is -0.719. The molecule has 2 aromatic heterocycles. The van der Waals surface area contributed by atoms with Crippen molar-refractivity contribution >= 4 is 5.91 Å². The minimum Gasteiger partial charge on any atom is -0.441 e. The molecule has 0 fully saturated rings. The van der Waals surface area contributed by atoms with Crippen LogP contribution < -0.4 is 5.43 Å². The molecule has 3 heterocycles. The first-order valence-corrected chi connectivity index (χ1v) is 8.74. The summed E-state index contributed by atoms with van der Waals surface area (Å²) in [7, 11) is 1.73. The number of amides is 1. The van der Waals surface area contributed by atoms with E-state index < -0.39 is 11.6 Å². The lowest BCUT2D eigenvalue weighted by Crippen LogP contribution is -2.37. The van der Waals surface area contributed by atoms with E-state index in [1.165, 1.54) is 12.1 Å². The smallest absolute Gasteiger partial charge is 0.270 e. The van der Waals surface area contributed by atoms with Crippen molar-refractivity contribution in [3.05, 3.63) is 75.0 Å². The number of hydrogen-bond donors (Lipinski definition) is 0. The summed E-state index contributed by atoms with van der Waals surface area (Å²) in [5, 5.41) is 0. The van der Waals surface area contributed by atoms with Gasteiger partial charge in [0.15, 0.2) is 5.43 Å². The molecule has 0 atom stereocenters. The summed E-state index contributed by atoms with van der Waals surface area (Å²) < 4.78 is 34.3. The van der Waals surface area contributed by atoms with Crippen LogP contribution in [0.25, 0.3) is 11.5 Å². The highest BCUT2D eigenvalue weighted by atomic mass is 19.1. The number of fused-ring (bicyclic) bond motifs is 1. The zero-order chi connectivity index (χ0) is 20.0. The van der Waals surface area contributed by atoms with Crippen molar-refractivity contribution < 1.29 is 18.0 Å². The van der Waals surface area contributed by atoms with E-state index >= 15 is 0 Å². The summed E-state index contributed by atoms with van der Waals surface area (Å²) >= 11 is 0. The largest absolute Gasteiger partial charge is 0.441 e. The summed E-state index contributed by atoms with van der Waals surface area (Å²) in [5.41, 5.74) is 1.49. The lowest BCUT2D eigenvalue weighted by atomic mass is 10.1. The monoisotopic (exact) mass is 385 g/mol. The molecule has 0 N–H and O–H groups in total. The molecule has 0 saturated heterocycles. The Morgan fingerprint density at radius 2 is 1.86 bits per heavy atom. The van der Waals surface area contributed by atoms with E-state index in [4.69, 9.17) is 4.42 Å². The second-order valence-electron chi connectivity index (χ2n) is 6.80. The van der Waals surface area contributed by atoms with E-state index in [1.54, 1.807) is 23.4 Å². The zero-order valence-electron chi connectivity index (χ0n) is 15.3. The number of carbonyl (C=O) groups excluding carboxylic acids is 1. The van der Waals surface area contributed by atoms with Crippen molar-refractivity contribution in [2.45, 2.75) is 19.9 Å². The highest BCUT2D eigenvalue weighted by Gasteiger charge is 2.28. The average molecular weight is 385 g/mol. The van der Waals surface area contributed by atoms with Crippen LogP contribution in [0.1, 0.15) is 27.6 Å². The Hall–Kier alpha value is -3.29. The number of aryl methyl sites for hydroxylation is 1. The Labute approximate surface area is 159 Å². The van der Waals surface area contributed by atoms with E-state index in [0.717, 1.165) is 18.2 Å². The number of halogens is 2. The number of oxazole rings is 1. The van der Waals surface area contributed by atoms with Gasteiger partial charge in [-0.15, -0.1) is 0 Å². The van der Waals surface area contributed by atoms with Crippen LogP contribution in [-0.2, 0) is 20.0 Å². The molecule has 1 aromatic carbocycles. The summed E-state index contributed by atoms with van der Waals surface area (Å²) in [6.45, 7) is 2.34. The molecule has 4 rings (SSSR count). The molecule has 1 aliphatic heterocycles. The average Bonchev–Trinajstić information content (AvgIpc) is 3.06. The lowest BCUT2D eigenvalue weighted by molar-refractivity contribution is 0.0716. The van der Waals surface area contributed by atoms with E-state index in [0.29, 0.717) is 35.8 Å². The Balaban J connectivity index is 1.63. The van der Waals surface area contributed by atoms with Gasteiger partial charge in [0.05, 0.1) is 6.54 Å². The number of carbonyl (C=O) groups is 1. The maximum Gasteiger partial charge on any atom is 0.270 e. The Kier molecular flexibility index (Phi) is 4.33. The molecule has 0 spiro atoms. The van der Waals surface area contributed by atoms with Crippen LogP contribution in [0.5, 0.6) is 0 Å². The molecule has 8 heteroatoms. The molecule has 6 nitrogen and oxygen atoms in total. The fraction of sp³-hybridized carbons (Fsp3) is 0.250. The van der Waals surface area contributed by atoms with Crippen LogP contribution in [0, 0.1) is 18.6 Å². The third-order valence-electron chi connectivity index (χ3n) is 4.86. The second kappa shape index (κ2) is 6.70. The van der Waals surface area contributed by atoms with Gasteiger partial charge in [-0.2, -0.15) is 0 Å². The number of hydrogen-bond acceptors (Lipinski definition) is 4. The molecule has 1 aliphatic rings. The van der Waals surface area contributed by atoms with E-state index in [9.17, 15) is 18.4 Å². The van der Waals surface area contributed by atoms with Crippen molar-refractivity contribution in [3.8, 4) is 11.5 Å². The van der Waals surface area contributed by atoms with Crippen molar-refractivity contribution in [3.63, 3.8) is 0 Å². The van der Waals surface area contributed by atoms with Gasteiger partial charge in [-0.05, 0) is 19.1 Å². The van der Waals surface area contributed by atoms with Gasteiger partial charge in [-0.3, -0.25) is 9.59 Å². The molecule has 1 amide bonds. The van der Waals surface area contributed by atoms with Gasteiger partial charge in [0, 0.05) is 49.5 Å². The van der Waals surface area contributed by atoms with Crippen LogP contribution >= 0.6 is 0 Å². The molecule has 0 saturated carbocycles. The van der Waals surface area contributed by atoms with Crippen molar-refractivity contribution in [1.82, 2.24) is 14.5 Å². The summed E-state index contributed by atoms with van der Waals surface area (Å²) in [4.78, 5) is 30.6. The van der Waals surface area contributed by atoms with Crippen molar-refractivity contribution in [2.24, 2.45) is 7.05 Å². The van der Waals surface area contributed by atoms with Gasteiger partial charge >= 0.3 is 0 Å². The third kappa shape index (κ3) is 3.21. The molecule has 3 aromatic rings. The SMILES string of the molecule is Cc1cc(=O)cc(C(=O)N2CCc3oc(-c4cc(F)cc(F)c4)nc3C2)n1C. The van der Waals surface area contributed by atoms with Crippen LogP contribution in [0.2, 0.25) is 0 Å². The Morgan fingerprint density at radius 3 is 2.57 bits per heavy atom. The molecular weight excluding hydrogens is 368 g/mol. The van der Waals surface area contributed by atoms with Gasteiger partial charge in [-0.1, -0.05) is 0 Å². The van der Waals surface area contributed by atoms with Gasteiger partial charge in [0.1, 0.15) is 28.8 Å². The van der Waals surface area contributed by atoms with Gasteiger partial charge in [0.2, 0.25) is 5.89 Å². The maximum atomic E-state index is 13.5. The van der Waals surface area contributed by atoms with Gasteiger partial charge in [0.25, 0.3) is 5.91 Å². The van der Waals surface area contributed by atoms with Crippen LogP contribution in [0.15, 0.2) is 39.5 Å². The summed E-state index contributed by atoms with van der Waals surface area (Å²) in [6.07, 6.45) is 0.422. The van der Waals surface area contributed by atoms with Gasteiger partial charge < -0.3 is 13.9 Å². The minimum absolute atomic E-state index is 0.112. The van der Waals surface area contributed by atoms with E-state index in [1.807, 2.05) is 0 Å². The second-order valence-corrected chi connectivity index (χ2v) is 6.80. The number of nitrogens with zero attached hydrogens (tertiary/aromatic N) is 3. The predicted molar refractivity (Wildman–Crippen MR) is 96.7 cm³/mol. The highest BCUT2D eigenvalue weighted by molar-refractivity contribution is 5.92. The first-order valence-electron chi connectivity index (χ1n) is 8.74. The normalized spacial score (nSPS) is 13.5. The first kappa shape index (κ1) is 18.1. The number of rotatable bonds is 2. The molecule has 0 bridgehead atoms. The fourth-order valence-corrected chi connectivity index (χ4v) is 3.31. The Morgan fingerprint density at radius 1 is 1.14 bits per heavy atom. The number of pyridine rings is 1. The first-order chi connectivity index (χ1) is 13.3. The van der Waals surface area contributed by atoms with E-state index in [2.05, 4.69) is 4.98 Å². The predicted octanol–water partition coefficient (Wildman–Crippen LogP) is 2.83. The van der Waals surface area contributed by atoms with Gasteiger partial charge in [-0.25, -0.2) is 13.8 Å². The molecule has 144 valence electrons. The van der Waals surface area contributed by atoms with E-state index in [-0.39, 0.29) is 29.3 Å². The van der Waals surface area contributed by atoms with Crippen molar-refractivity contribution in [2.75, 3.05) is 6.54 Å². The standard InChI is InChI=1S/C20H17F2N3O3/c1-11-5-15(26)9-17(24(11)2)20(27)25-4-3-18-16(10-25)23-19(28-18)12-6-13(21)8-14(22)7-12/h5-9H,3-4,10H2,1-2H3. The maximum absolute atomic E-state index is 13.5. The third-order valence-corrected chi connectivity index (χ3v) is 4.86. The molecule has 0 radical (unpaired) electrons. The highest BCUT2D eigenvalue weighted by Crippen LogP contribution is 2.27. The topological polar surface area (TPSA) is 68.3 Å². The zero-order valence-corrected chi connectivity index (χ0v) is 15.3. The Bertz CT molecular complexity index is 1130. The number of benzene rings is 1. The van der Waals surface area contributed by atoms with Crippen LogP contribution in [0.3, 0.4) is 0 Å². The quantitative estimate of drug-likeness (QED) is 0.680. The van der Waals surface area contributed by atoms with Crippen molar-refractivity contribution in [1.29, 1.82) is 0 Å². The molecule has 0 aliphatic carbocycles.